The van der Waals surface area contributed by atoms with Crippen LogP contribution in [0.25, 0.3) is 0 Å². The summed E-state index contributed by atoms with van der Waals surface area (Å²) in [6.45, 7) is 15.2. The first-order valence-corrected chi connectivity index (χ1v) is 11.1. The lowest BCUT2D eigenvalue weighted by Gasteiger charge is -2.34. The third-order valence-corrected chi connectivity index (χ3v) is 4.55. The van der Waals surface area contributed by atoms with Gasteiger partial charge in [-0.2, -0.15) is 0 Å². The predicted octanol–water partition coefficient (Wildman–Crippen LogP) is 1.07. The Labute approximate surface area is 185 Å². The summed E-state index contributed by atoms with van der Waals surface area (Å²) < 4.78 is 5.22. The molecule has 1 aromatic heterocycles. The number of carbonyl (C=O) groups is 1. The summed E-state index contributed by atoms with van der Waals surface area (Å²) in [5.41, 5.74) is -0.480. The Balaban J connectivity index is 1.61. The van der Waals surface area contributed by atoms with E-state index in [9.17, 15) is 4.79 Å². The molecule has 0 bridgehead atoms. The number of amides is 1. The van der Waals surface area contributed by atoms with Crippen LogP contribution in [0.2, 0.25) is 0 Å². The number of aromatic nitrogens is 2. The fraction of sp³-hybridized carbons (Fsp3) is 0.714. The maximum atomic E-state index is 11.6. The van der Waals surface area contributed by atoms with Gasteiger partial charge in [0.05, 0.1) is 0 Å². The highest BCUT2D eigenvalue weighted by Crippen LogP contribution is 2.09. The van der Waals surface area contributed by atoms with E-state index in [1.54, 1.807) is 12.4 Å². The van der Waals surface area contributed by atoms with Gasteiger partial charge in [-0.1, -0.05) is 0 Å². The molecule has 0 saturated carbocycles. The van der Waals surface area contributed by atoms with Crippen LogP contribution in [0.3, 0.4) is 0 Å². The molecule has 1 fully saturated rings. The maximum absolute atomic E-state index is 11.6. The van der Waals surface area contributed by atoms with Gasteiger partial charge in [0.25, 0.3) is 0 Å². The van der Waals surface area contributed by atoms with Gasteiger partial charge < -0.3 is 25.6 Å². The number of carbonyl (C=O) groups excluding carboxylic acids is 1. The van der Waals surface area contributed by atoms with Crippen molar-refractivity contribution in [2.75, 3.05) is 63.8 Å². The van der Waals surface area contributed by atoms with E-state index in [2.05, 4.69) is 40.7 Å². The second-order valence-electron chi connectivity index (χ2n) is 8.35. The third kappa shape index (κ3) is 10.3. The second-order valence-corrected chi connectivity index (χ2v) is 8.35. The Bertz CT molecular complexity index is 670. The molecule has 174 valence electrons. The minimum Gasteiger partial charge on any atom is -0.444 e. The van der Waals surface area contributed by atoms with E-state index in [1.165, 1.54) is 0 Å². The molecule has 1 saturated heterocycles. The Kier molecular flexibility index (Phi) is 10.3. The lowest BCUT2D eigenvalue weighted by Crippen LogP contribution is -2.49. The van der Waals surface area contributed by atoms with Crippen LogP contribution in [-0.4, -0.2) is 91.4 Å². The third-order valence-electron chi connectivity index (χ3n) is 4.55. The van der Waals surface area contributed by atoms with Crippen LogP contribution >= 0.6 is 0 Å². The number of rotatable bonds is 9. The van der Waals surface area contributed by atoms with Crippen molar-refractivity contribution in [2.24, 2.45) is 4.99 Å². The molecule has 3 N–H and O–H groups in total. The topological polar surface area (TPSA) is 107 Å². The average Bonchev–Trinajstić information content (AvgIpc) is 2.73. The molecular weight excluding hydrogens is 396 g/mol. The molecule has 2 heterocycles. The molecule has 0 atom stereocenters. The van der Waals surface area contributed by atoms with Crippen LogP contribution in [0.4, 0.5) is 10.7 Å². The first-order valence-electron chi connectivity index (χ1n) is 11.1. The Morgan fingerprint density at radius 3 is 2.45 bits per heavy atom. The number of anilines is 1. The van der Waals surface area contributed by atoms with Crippen LogP contribution in [0.1, 0.15) is 34.1 Å². The molecule has 31 heavy (non-hydrogen) atoms. The number of piperazine rings is 1. The van der Waals surface area contributed by atoms with Crippen molar-refractivity contribution in [3.8, 4) is 0 Å². The van der Waals surface area contributed by atoms with Crippen LogP contribution in [-0.2, 0) is 4.74 Å². The van der Waals surface area contributed by atoms with Crippen molar-refractivity contribution < 1.29 is 9.53 Å². The van der Waals surface area contributed by atoms with Crippen molar-refractivity contribution in [2.45, 2.75) is 39.7 Å². The normalized spacial score (nSPS) is 15.5. The molecule has 0 spiro atoms. The van der Waals surface area contributed by atoms with Crippen molar-refractivity contribution >= 4 is 18.0 Å². The molecule has 0 aromatic carbocycles. The molecule has 1 aliphatic heterocycles. The quantitative estimate of drug-likeness (QED) is 0.301. The zero-order chi connectivity index (χ0) is 22.5. The molecule has 0 unspecified atom stereocenters. The van der Waals surface area contributed by atoms with E-state index in [-0.39, 0.29) is 6.09 Å². The fourth-order valence-corrected chi connectivity index (χ4v) is 3.07. The summed E-state index contributed by atoms with van der Waals surface area (Å²) in [5.74, 6) is 1.61. The van der Waals surface area contributed by atoms with Gasteiger partial charge in [-0.25, -0.2) is 14.8 Å². The fourth-order valence-electron chi connectivity index (χ4n) is 3.07. The molecule has 1 aromatic rings. The summed E-state index contributed by atoms with van der Waals surface area (Å²) >= 11 is 0. The highest BCUT2D eigenvalue weighted by atomic mass is 16.6. The summed E-state index contributed by atoms with van der Waals surface area (Å²) in [7, 11) is 0. The largest absolute Gasteiger partial charge is 0.444 e. The summed E-state index contributed by atoms with van der Waals surface area (Å²) in [5, 5.41) is 9.41. The summed E-state index contributed by atoms with van der Waals surface area (Å²) in [6.07, 6.45) is 3.93. The van der Waals surface area contributed by atoms with Crippen molar-refractivity contribution in [3.63, 3.8) is 0 Å². The number of hydrogen-bond donors (Lipinski definition) is 3. The molecule has 1 aliphatic rings. The van der Waals surface area contributed by atoms with Gasteiger partial charge in [0, 0.05) is 71.3 Å². The van der Waals surface area contributed by atoms with E-state index in [0.29, 0.717) is 13.1 Å². The molecule has 10 nitrogen and oxygen atoms in total. The van der Waals surface area contributed by atoms with Gasteiger partial charge >= 0.3 is 6.09 Å². The zero-order valence-corrected chi connectivity index (χ0v) is 19.4. The number of aliphatic imine (C=N–C) groups is 1. The minimum atomic E-state index is -0.480. The zero-order valence-electron chi connectivity index (χ0n) is 19.4. The van der Waals surface area contributed by atoms with E-state index >= 15 is 0 Å². The maximum Gasteiger partial charge on any atom is 0.407 e. The lowest BCUT2D eigenvalue weighted by atomic mass is 10.2. The lowest BCUT2D eigenvalue weighted by molar-refractivity contribution is 0.0527. The Morgan fingerprint density at radius 2 is 1.81 bits per heavy atom. The number of ether oxygens (including phenoxy) is 1. The van der Waals surface area contributed by atoms with Crippen LogP contribution in [0, 0.1) is 0 Å². The van der Waals surface area contributed by atoms with E-state index in [1.807, 2.05) is 33.8 Å². The van der Waals surface area contributed by atoms with Crippen LogP contribution < -0.4 is 20.9 Å². The Hall–Kier alpha value is -2.62. The van der Waals surface area contributed by atoms with Gasteiger partial charge in [0.1, 0.15) is 5.60 Å². The SMILES string of the molecule is CCNC(=NCCCNC(=O)OC(C)(C)C)NCCN1CCN(c2ncccn2)CC1. The molecule has 1 amide bonds. The van der Waals surface area contributed by atoms with Gasteiger partial charge in [0.2, 0.25) is 5.95 Å². The molecule has 0 aliphatic carbocycles. The standard InChI is InChI=1S/C21H38N8O2/c1-5-22-18(23-8-6-11-27-20(30)31-21(2,3)4)24-12-13-28-14-16-29(17-15-28)19-25-9-7-10-26-19/h7,9-10H,5-6,8,11-17H2,1-4H3,(H,27,30)(H2,22,23,24). The van der Waals surface area contributed by atoms with E-state index in [0.717, 1.165) is 64.1 Å². The monoisotopic (exact) mass is 434 g/mol. The van der Waals surface area contributed by atoms with E-state index in [4.69, 9.17) is 4.74 Å². The summed E-state index contributed by atoms with van der Waals surface area (Å²) in [6, 6.07) is 1.84. The molecule has 0 radical (unpaired) electrons. The van der Waals surface area contributed by atoms with Crippen LogP contribution in [0.15, 0.2) is 23.5 Å². The molecule has 2 rings (SSSR count). The Morgan fingerprint density at radius 1 is 1.10 bits per heavy atom. The van der Waals surface area contributed by atoms with Crippen LogP contribution in [0.5, 0.6) is 0 Å². The van der Waals surface area contributed by atoms with Crippen molar-refractivity contribution in [1.82, 2.24) is 30.8 Å². The van der Waals surface area contributed by atoms with Gasteiger partial charge in [0.15, 0.2) is 5.96 Å². The number of alkyl carbamates (subject to hydrolysis) is 1. The van der Waals surface area contributed by atoms with E-state index < -0.39 is 5.60 Å². The molecular formula is C21H38N8O2. The van der Waals surface area contributed by atoms with Gasteiger partial charge in [-0.15, -0.1) is 0 Å². The van der Waals surface area contributed by atoms with Crippen molar-refractivity contribution in [1.29, 1.82) is 0 Å². The van der Waals surface area contributed by atoms with Gasteiger partial charge in [-0.05, 0) is 40.2 Å². The first-order chi connectivity index (χ1) is 14.9. The molecule has 10 heteroatoms. The van der Waals surface area contributed by atoms with Gasteiger partial charge in [-0.3, -0.25) is 9.89 Å². The first kappa shape index (κ1) is 24.6. The number of nitrogens with zero attached hydrogens (tertiary/aromatic N) is 5. The smallest absolute Gasteiger partial charge is 0.407 e. The number of guanidine groups is 1. The summed E-state index contributed by atoms with van der Waals surface area (Å²) in [4.78, 5) is 29.5. The minimum absolute atomic E-state index is 0.388. The number of hydrogen-bond acceptors (Lipinski definition) is 7. The highest BCUT2D eigenvalue weighted by molar-refractivity contribution is 5.79. The second kappa shape index (κ2) is 12.9. The predicted molar refractivity (Wildman–Crippen MR) is 124 cm³/mol. The van der Waals surface area contributed by atoms with Crippen molar-refractivity contribution in [3.05, 3.63) is 18.5 Å². The highest BCUT2D eigenvalue weighted by Gasteiger charge is 2.18. The number of nitrogens with one attached hydrogen (secondary N) is 3. The average molecular weight is 435 g/mol.